The van der Waals surface area contributed by atoms with Crippen molar-refractivity contribution in [1.82, 2.24) is 4.57 Å². The number of aromatic nitrogens is 1. The Morgan fingerprint density at radius 1 is 1.00 bits per heavy atom. The summed E-state index contributed by atoms with van der Waals surface area (Å²) in [5, 5.41) is 5.59. The quantitative estimate of drug-likeness (QED) is 0.891. The van der Waals surface area contributed by atoms with Gasteiger partial charge in [0.2, 0.25) is 0 Å². The van der Waals surface area contributed by atoms with E-state index in [0.717, 1.165) is 22.4 Å². The fraction of sp³-hybridized carbons (Fsp3) is 0.250. The Morgan fingerprint density at radius 3 is 2.38 bits per heavy atom. The summed E-state index contributed by atoms with van der Waals surface area (Å²) in [4.78, 5) is 23.6. The topological polar surface area (TPSA) is 63.1 Å². The largest absolute Gasteiger partial charge is 0.323 e. The van der Waals surface area contributed by atoms with Crippen LogP contribution in [0.5, 0.6) is 0 Å². The summed E-state index contributed by atoms with van der Waals surface area (Å²) in [5.74, 6) is 0. The van der Waals surface area contributed by atoms with Crippen LogP contribution < -0.4 is 16.2 Å². The van der Waals surface area contributed by atoms with Crippen LogP contribution in [0.3, 0.4) is 0 Å². The number of benzene rings is 1. The fourth-order valence-electron chi connectivity index (χ4n) is 2.00. The zero-order valence-corrected chi connectivity index (χ0v) is 12.7. The number of carbonyl (C=O) groups excluding carboxylic acids is 1. The first kappa shape index (κ1) is 14.8. The second-order valence-electron chi connectivity index (χ2n) is 5.22. The van der Waals surface area contributed by atoms with Gasteiger partial charge in [-0.1, -0.05) is 12.1 Å². The van der Waals surface area contributed by atoms with Gasteiger partial charge in [-0.05, 0) is 43.5 Å². The predicted molar refractivity (Wildman–Crippen MR) is 85.0 cm³/mol. The van der Waals surface area contributed by atoms with E-state index in [1.807, 2.05) is 32.0 Å². The normalized spacial score (nSPS) is 10.3. The summed E-state index contributed by atoms with van der Waals surface area (Å²) < 4.78 is 1.43. The minimum atomic E-state index is -0.328. The first-order valence-corrected chi connectivity index (χ1v) is 6.69. The van der Waals surface area contributed by atoms with Crippen molar-refractivity contribution in [3.63, 3.8) is 0 Å². The number of anilines is 2. The molecule has 2 N–H and O–H groups in total. The standard InChI is InChI=1S/C16H19N3O2/c1-10-5-6-11(2)13(7-10)17-16(21)18-14-9-19(4)15(20)8-12(14)3/h5-9H,1-4H3,(H2,17,18,21). The molecule has 0 atom stereocenters. The van der Waals surface area contributed by atoms with E-state index in [1.165, 1.54) is 10.6 Å². The molecule has 0 bridgehead atoms. The van der Waals surface area contributed by atoms with Crippen LogP contribution >= 0.6 is 0 Å². The number of carbonyl (C=O) groups is 1. The van der Waals surface area contributed by atoms with E-state index in [2.05, 4.69) is 10.6 Å². The minimum absolute atomic E-state index is 0.104. The molecule has 5 heteroatoms. The van der Waals surface area contributed by atoms with Gasteiger partial charge in [0.05, 0.1) is 5.69 Å². The van der Waals surface area contributed by atoms with E-state index in [4.69, 9.17) is 0 Å². The molecule has 2 aromatic rings. The molecule has 0 saturated carbocycles. The Kier molecular flexibility index (Phi) is 4.12. The number of nitrogens with zero attached hydrogens (tertiary/aromatic N) is 1. The number of hydrogen-bond acceptors (Lipinski definition) is 2. The third-order valence-electron chi connectivity index (χ3n) is 3.32. The Bertz CT molecular complexity index is 748. The fourth-order valence-corrected chi connectivity index (χ4v) is 2.00. The first-order chi connectivity index (χ1) is 9.86. The molecule has 21 heavy (non-hydrogen) atoms. The number of nitrogens with one attached hydrogen (secondary N) is 2. The monoisotopic (exact) mass is 285 g/mol. The maximum Gasteiger partial charge on any atom is 0.323 e. The minimum Gasteiger partial charge on any atom is -0.316 e. The van der Waals surface area contributed by atoms with E-state index in [-0.39, 0.29) is 11.6 Å². The molecule has 1 aromatic carbocycles. The van der Waals surface area contributed by atoms with Crippen molar-refractivity contribution in [2.24, 2.45) is 7.05 Å². The maximum atomic E-state index is 12.1. The Labute approximate surface area is 123 Å². The van der Waals surface area contributed by atoms with E-state index < -0.39 is 0 Å². The molecule has 0 spiro atoms. The summed E-state index contributed by atoms with van der Waals surface area (Å²) in [6, 6.07) is 7.04. The zero-order valence-electron chi connectivity index (χ0n) is 12.7. The highest BCUT2D eigenvalue weighted by Crippen LogP contribution is 2.17. The number of aryl methyl sites for hydroxylation is 4. The van der Waals surface area contributed by atoms with Crippen LogP contribution in [0.1, 0.15) is 16.7 Å². The van der Waals surface area contributed by atoms with Crippen molar-refractivity contribution in [2.75, 3.05) is 10.6 Å². The third-order valence-corrected chi connectivity index (χ3v) is 3.32. The van der Waals surface area contributed by atoms with Crippen LogP contribution in [0.15, 0.2) is 35.3 Å². The molecule has 0 aliphatic rings. The van der Waals surface area contributed by atoms with Crippen LogP contribution in [0.2, 0.25) is 0 Å². The molecule has 0 unspecified atom stereocenters. The SMILES string of the molecule is Cc1ccc(C)c(NC(=O)Nc2cn(C)c(=O)cc2C)c1. The van der Waals surface area contributed by atoms with Crippen LogP contribution in [-0.4, -0.2) is 10.6 Å². The van der Waals surface area contributed by atoms with Gasteiger partial charge in [0.25, 0.3) is 5.56 Å². The third kappa shape index (κ3) is 3.51. The summed E-state index contributed by atoms with van der Waals surface area (Å²) in [7, 11) is 1.65. The van der Waals surface area contributed by atoms with Crippen molar-refractivity contribution in [3.05, 3.63) is 57.5 Å². The predicted octanol–water partition coefficient (Wildman–Crippen LogP) is 2.95. The van der Waals surface area contributed by atoms with Crippen LogP contribution in [0.4, 0.5) is 16.2 Å². The lowest BCUT2D eigenvalue weighted by Gasteiger charge is -2.12. The molecule has 5 nitrogen and oxygen atoms in total. The van der Waals surface area contributed by atoms with Gasteiger partial charge in [-0.2, -0.15) is 0 Å². The van der Waals surface area contributed by atoms with Crippen molar-refractivity contribution >= 4 is 17.4 Å². The van der Waals surface area contributed by atoms with Crippen molar-refractivity contribution in [1.29, 1.82) is 0 Å². The van der Waals surface area contributed by atoms with Gasteiger partial charge >= 0.3 is 6.03 Å². The van der Waals surface area contributed by atoms with Gasteiger partial charge in [0.1, 0.15) is 0 Å². The molecule has 110 valence electrons. The highest BCUT2D eigenvalue weighted by atomic mass is 16.2. The second kappa shape index (κ2) is 5.83. The lowest BCUT2D eigenvalue weighted by atomic mass is 10.1. The zero-order chi connectivity index (χ0) is 15.6. The van der Waals surface area contributed by atoms with E-state index in [9.17, 15) is 9.59 Å². The maximum absolute atomic E-state index is 12.1. The lowest BCUT2D eigenvalue weighted by Crippen LogP contribution is -2.23. The van der Waals surface area contributed by atoms with Gasteiger partial charge in [0, 0.05) is 25.0 Å². The molecule has 0 aliphatic heterocycles. The van der Waals surface area contributed by atoms with Gasteiger partial charge in [0.15, 0.2) is 0 Å². The summed E-state index contributed by atoms with van der Waals surface area (Å²) in [6.07, 6.45) is 1.61. The number of hydrogen-bond donors (Lipinski definition) is 2. The highest BCUT2D eigenvalue weighted by Gasteiger charge is 2.08. The molecule has 1 aromatic heterocycles. The van der Waals surface area contributed by atoms with Gasteiger partial charge < -0.3 is 15.2 Å². The molecule has 0 radical (unpaired) electrons. The first-order valence-electron chi connectivity index (χ1n) is 6.69. The average Bonchev–Trinajstić information content (AvgIpc) is 2.40. The van der Waals surface area contributed by atoms with Gasteiger partial charge in [-0.3, -0.25) is 4.79 Å². The van der Waals surface area contributed by atoms with E-state index in [0.29, 0.717) is 5.69 Å². The summed E-state index contributed by atoms with van der Waals surface area (Å²) >= 11 is 0. The van der Waals surface area contributed by atoms with E-state index in [1.54, 1.807) is 20.2 Å². The highest BCUT2D eigenvalue weighted by molar-refractivity contribution is 6.00. The van der Waals surface area contributed by atoms with Gasteiger partial charge in [-0.25, -0.2) is 4.79 Å². The average molecular weight is 285 g/mol. The van der Waals surface area contributed by atoms with Crippen molar-refractivity contribution < 1.29 is 4.79 Å². The van der Waals surface area contributed by atoms with Crippen LogP contribution in [-0.2, 0) is 7.05 Å². The molecule has 2 rings (SSSR count). The lowest BCUT2D eigenvalue weighted by molar-refractivity contribution is 0.262. The molecule has 0 fully saturated rings. The van der Waals surface area contributed by atoms with Crippen molar-refractivity contribution in [3.8, 4) is 0 Å². The molecule has 1 heterocycles. The summed E-state index contributed by atoms with van der Waals surface area (Å²) in [5.41, 5.74) is 4.08. The van der Waals surface area contributed by atoms with Crippen LogP contribution in [0.25, 0.3) is 0 Å². The Morgan fingerprint density at radius 2 is 1.67 bits per heavy atom. The number of urea groups is 1. The molecule has 2 amide bonds. The number of pyridine rings is 1. The van der Waals surface area contributed by atoms with E-state index >= 15 is 0 Å². The smallest absolute Gasteiger partial charge is 0.316 e. The molecular formula is C16H19N3O2. The molecule has 0 saturated heterocycles. The van der Waals surface area contributed by atoms with Crippen molar-refractivity contribution in [2.45, 2.75) is 20.8 Å². The number of rotatable bonds is 2. The molecule has 0 aliphatic carbocycles. The Hall–Kier alpha value is -2.56. The second-order valence-corrected chi connectivity index (χ2v) is 5.22. The summed E-state index contributed by atoms with van der Waals surface area (Å²) in [6.45, 7) is 5.70. The Balaban J connectivity index is 2.17. The van der Waals surface area contributed by atoms with Crippen LogP contribution in [0, 0.1) is 20.8 Å². The van der Waals surface area contributed by atoms with Gasteiger partial charge in [-0.15, -0.1) is 0 Å². The number of amides is 2. The molecular weight excluding hydrogens is 266 g/mol.